The van der Waals surface area contributed by atoms with Crippen molar-refractivity contribution in [2.24, 2.45) is 5.10 Å². The van der Waals surface area contributed by atoms with E-state index in [0.29, 0.717) is 5.13 Å². The first-order valence-electron chi connectivity index (χ1n) is 8.66. The van der Waals surface area contributed by atoms with Crippen LogP contribution in [0.15, 0.2) is 47.6 Å². The van der Waals surface area contributed by atoms with Gasteiger partial charge in [0, 0.05) is 12.8 Å². The predicted molar refractivity (Wildman–Crippen MR) is 111 cm³/mol. The number of amides is 2. The van der Waals surface area contributed by atoms with E-state index < -0.39 is 0 Å². The predicted octanol–water partition coefficient (Wildman–Crippen LogP) is 3.48. The number of aromatic nitrogens is 1. The third-order valence-electron chi connectivity index (χ3n) is 3.90. The summed E-state index contributed by atoms with van der Waals surface area (Å²) < 4.78 is 6.09. The number of nitrogens with one attached hydrogen (secondary N) is 2. The van der Waals surface area contributed by atoms with Crippen molar-refractivity contribution in [1.82, 2.24) is 10.4 Å². The van der Waals surface area contributed by atoms with Crippen molar-refractivity contribution < 1.29 is 14.3 Å². The quantitative estimate of drug-likeness (QED) is 0.472. The standard InChI is InChI=1S/C20H20N4O3S/c1-13-3-5-14(6-4-13)12-21-24-19(26)10-9-18(25)23-20-22-16-8-7-15(27-2)11-17(16)28-20/h3-8,11-12H,9-10H2,1-2H3,(H,24,26)(H,22,23,25)/b21-12+. The molecule has 3 aromatic rings. The number of hydrazone groups is 1. The molecular formula is C20H20N4O3S. The van der Waals surface area contributed by atoms with Crippen LogP contribution in [-0.2, 0) is 9.59 Å². The summed E-state index contributed by atoms with van der Waals surface area (Å²) in [6, 6.07) is 13.3. The maximum absolute atomic E-state index is 12.1. The van der Waals surface area contributed by atoms with Crippen LogP contribution in [0.25, 0.3) is 10.2 Å². The van der Waals surface area contributed by atoms with E-state index in [1.54, 1.807) is 13.3 Å². The highest BCUT2D eigenvalue weighted by atomic mass is 32.1. The lowest BCUT2D eigenvalue weighted by Crippen LogP contribution is -2.20. The third kappa shape index (κ3) is 5.37. The minimum absolute atomic E-state index is 0.0375. The summed E-state index contributed by atoms with van der Waals surface area (Å²) in [4.78, 5) is 28.2. The molecule has 28 heavy (non-hydrogen) atoms. The second-order valence-electron chi connectivity index (χ2n) is 6.10. The fraction of sp³-hybridized carbons (Fsp3) is 0.200. The lowest BCUT2D eigenvalue weighted by Gasteiger charge is -2.01. The summed E-state index contributed by atoms with van der Waals surface area (Å²) >= 11 is 1.35. The third-order valence-corrected chi connectivity index (χ3v) is 4.83. The lowest BCUT2D eigenvalue weighted by molar-refractivity contribution is -0.124. The van der Waals surface area contributed by atoms with Gasteiger partial charge in [0.15, 0.2) is 5.13 Å². The molecule has 0 unspecified atom stereocenters. The van der Waals surface area contributed by atoms with Crippen LogP contribution in [0.4, 0.5) is 5.13 Å². The molecule has 2 N–H and O–H groups in total. The SMILES string of the molecule is COc1ccc2nc(NC(=O)CCC(=O)N/N=C/c3ccc(C)cc3)sc2c1. The van der Waals surface area contributed by atoms with Gasteiger partial charge in [-0.05, 0) is 30.7 Å². The fourth-order valence-electron chi connectivity index (χ4n) is 2.38. The zero-order valence-electron chi connectivity index (χ0n) is 15.6. The van der Waals surface area contributed by atoms with Crippen LogP contribution in [0.3, 0.4) is 0 Å². The summed E-state index contributed by atoms with van der Waals surface area (Å²) in [6.07, 6.45) is 1.65. The molecule has 2 aromatic carbocycles. The average Bonchev–Trinajstić information content (AvgIpc) is 3.09. The Kier molecular flexibility index (Phi) is 6.33. The van der Waals surface area contributed by atoms with Crippen molar-refractivity contribution in [3.63, 3.8) is 0 Å². The number of carbonyl (C=O) groups excluding carboxylic acids is 2. The molecular weight excluding hydrogens is 376 g/mol. The van der Waals surface area contributed by atoms with Crippen LogP contribution in [0.5, 0.6) is 5.75 Å². The molecule has 0 radical (unpaired) electrons. The molecule has 0 saturated carbocycles. The van der Waals surface area contributed by atoms with E-state index in [2.05, 4.69) is 20.8 Å². The van der Waals surface area contributed by atoms with E-state index >= 15 is 0 Å². The Hall–Kier alpha value is -3.26. The maximum Gasteiger partial charge on any atom is 0.240 e. The van der Waals surface area contributed by atoms with Gasteiger partial charge in [-0.2, -0.15) is 5.10 Å². The molecule has 0 aliphatic heterocycles. The lowest BCUT2D eigenvalue weighted by atomic mass is 10.2. The topological polar surface area (TPSA) is 92.7 Å². The number of rotatable bonds is 7. The molecule has 0 bridgehead atoms. The molecule has 0 atom stereocenters. The van der Waals surface area contributed by atoms with Crippen LogP contribution in [0.1, 0.15) is 24.0 Å². The second kappa shape index (κ2) is 9.09. The summed E-state index contributed by atoms with van der Waals surface area (Å²) in [5.74, 6) is 0.133. The van der Waals surface area contributed by atoms with E-state index in [0.717, 1.165) is 27.1 Å². The molecule has 0 aliphatic rings. The Labute approximate surface area is 166 Å². The first-order valence-corrected chi connectivity index (χ1v) is 9.48. The molecule has 1 aromatic heterocycles. The van der Waals surface area contributed by atoms with E-state index in [1.807, 2.05) is 49.4 Å². The molecule has 0 aliphatic carbocycles. The highest BCUT2D eigenvalue weighted by Crippen LogP contribution is 2.29. The van der Waals surface area contributed by atoms with E-state index in [1.165, 1.54) is 11.3 Å². The van der Waals surface area contributed by atoms with Crippen molar-refractivity contribution >= 4 is 44.7 Å². The van der Waals surface area contributed by atoms with Gasteiger partial charge >= 0.3 is 0 Å². The average molecular weight is 396 g/mol. The van der Waals surface area contributed by atoms with Gasteiger partial charge in [0.05, 0.1) is 23.5 Å². The largest absolute Gasteiger partial charge is 0.497 e. The molecule has 1 heterocycles. The Morgan fingerprint density at radius 2 is 1.89 bits per heavy atom. The Morgan fingerprint density at radius 3 is 2.64 bits per heavy atom. The molecule has 0 saturated heterocycles. The zero-order chi connectivity index (χ0) is 19.9. The highest BCUT2D eigenvalue weighted by Gasteiger charge is 2.10. The van der Waals surface area contributed by atoms with Crippen LogP contribution in [-0.4, -0.2) is 30.1 Å². The number of hydrogen-bond donors (Lipinski definition) is 2. The summed E-state index contributed by atoms with van der Waals surface area (Å²) in [7, 11) is 1.60. The monoisotopic (exact) mass is 396 g/mol. The highest BCUT2D eigenvalue weighted by molar-refractivity contribution is 7.22. The van der Waals surface area contributed by atoms with Gasteiger partial charge in [-0.3, -0.25) is 9.59 Å². The molecule has 0 fully saturated rings. The maximum atomic E-state index is 12.1. The van der Waals surface area contributed by atoms with E-state index in [4.69, 9.17) is 4.74 Å². The first kappa shape index (κ1) is 19.5. The number of anilines is 1. The summed E-state index contributed by atoms with van der Waals surface area (Å²) in [5, 5.41) is 7.11. The summed E-state index contributed by atoms with van der Waals surface area (Å²) in [5.41, 5.74) is 5.24. The van der Waals surface area contributed by atoms with Gasteiger partial charge in [0.1, 0.15) is 5.75 Å². The second-order valence-corrected chi connectivity index (χ2v) is 7.14. The number of aryl methyl sites for hydroxylation is 1. The smallest absolute Gasteiger partial charge is 0.240 e. The summed E-state index contributed by atoms with van der Waals surface area (Å²) in [6.45, 7) is 2.00. The van der Waals surface area contributed by atoms with E-state index in [9.17, 15) is 9.59 Å². The van der Waals surface area contributed by atoms with Gasteiger partial charge < -0.3 is 10.1 Å². The Balaban J connectivity index is 1.45. The van der Waals surface area contributed by atoms with Gasteiger partial charge in [-0.15, -0.1) is 0 Å². The number of ether oxygens (including phenoxy) is 1. The normalized spacial score (nSPS) is 10.9. The van der Waals surface area contributed by atoms with Crippen molar-refractivity contribution in [3.05, 3.63) is 53.6 Å². The minimum atomic E-state index is -0.326. The zero-order valence-corrected chi connectivity index (χ0v) is 16.4. The van der Waals surface area contributed by atoms with Gasteiger partial charge in [0.25, 0.3) is 0 Å². The molecule has 3 rings (SSSR count). The fourth-order valence-corrected chi connectivity index (χ4v) is 3.29. The van der Waals surface area contributed by atoms with Crippen LogP contribution in [0.2, 0.25) is 0 Å². The molecule has 8 heteroatoms. The number of benzene rings is 2. The van der Waals surface area contributed by atoms with Crippen molar-refractivity contribution in [2.45, 2.75) is 19.8 Å². The van der Waals surface area contributed by atoms with Crippen LogP contribution in [0, 0.1) is 6.92 Å². The van der Waals surface area contributed by atoms with Gasteiger partial charge in [-0.25, -0.2) is 10.4 Å². The minimum Gasteiger partial charge on any atom is -0.497 e. The number of methoxy groups -OCH3 is 1. The Morgan fingerprint density at radius 1 is 1.14 bits per heavy atom. The molecule has 7 nitrogen and oxygen atoms in total. The number of carbonyl (C=O) groups is 2. The number of nitrogens with zero attached hydrogens (tertiary/aromatic N) is 2. The van der Waals surface area contributed by atoms with Gasteiger partial charge in [-0.1, -0.05) is 41.2 Å². The molecule has 2 amide bonds. The Bertz CT molecular complexity index is 1010. The number of thiazole rings is 1. The van der Waals surface area contributed by atoms with Crippen molar-refractivity contribution in [1.29, 1.82) is 0 Å². The first-order chi connectivity index (χ1) is 13.5. The van der Waals surface area contributed by atoms with Gasteiger partial charge in [0.2, 0.25) is 11.8 Å². The van der Waals surface area contributed by atoms with Crippen LogP contribution < -0.4 is 15.5 Å². The van der Waals surface area contributed by atoms with Crippen molar-refractivity contribution in [3.8, 4) is 5.75 Å². The number of hydrogen-bond acceptors (Lipinski definition) is 6. The molecule has 144 valence electrons. The van der Waals surface area contributed by atoms with E-state index in [-0.39, 0.29) is 24.7 Å². The molecule has 0 spiro atoms. The van der Waals surface area contributed by atoms with Crippen LogP contribution >= 0.6 is 11.3 Å². The number of fused-ring (bicyclic) bond motifs is 1. The van der Waals surface area contributed by atoms with Crippen molar-refractivity contribution in [2.75, 3.05) is 12.4 Å².